The van der Waals surface area contributed by atoms with Crippen LogP contribution < -0.4 is 5.32 Å². The number of aromatic nitrogens is 2. The van der Waals surface area contributed by atoms with Crippen molar-refractivity contribution in [3.05, 3.63) is 17.0 Å². The largest absolute Gasteiger partial charge is 0.396 e. The van der Waals surface area contributed by atoms with Gasteiger partial charge in [0.2, 0.25) is 0 Å². The lowest BCUT2D eigenvalue weighted by molar-refractivity contribution is 0.268. The molecule has 1 heterocycles. The Bertz CT molecular complexity index is 390. The molecule has 4 nitrogen and oxygen atoms in total. The minimum atomic E-state index is 0.0177. The number of rotatable bonds is 5. The van der Waals surface area contributed by atoms with Crippen molar-refractivity contribution in [2.24, 2.45) is 0 Å². The number of hydrogen-bond acceptors (Lipinski definition) is 3. The van der Waals surface area contributed by atoms with Crippen LogP contribution in [-0.4, -0.2) is 27.5 Å². The highest BCUT2D eigenvalue weighted by Gasteiger charge is 2.20. The maximum atomic E-state index is 8.90. The Morgan fingerprint density at radius 2 is 1.94 bits per heavy atom. The third kappa shape index (κ3) is 3.56. The minimum absolute atomic E-state index is 0.0177. The van der Waals surface area contributed by atoms with Gasteiger partial charge >= 0.3 is 0 Å². The van der Waals surface area contributed by atoms with Crippen LogP contribution in [0.25, 0.3) is 0 Å². The van der Waals surface area contributed by atoms with Crippen LogP contribution in [0.1, 0.15) is 51.1 Å². The summed E-state index contributed by atoms with van der Waals surface area (Å²) in [6, 6.07) is 0.326. The lowest BCUT2D eigenvalue weighted by Crippen LogP contribution is -2.27. The number of hydrogen-bond donors (Lipinski definition) is 2. The van der Waals surface area contributed by atoms with E-state index in [4.69, 9.17) is 5.11 Å². The van der Waals surface area contributed by atoms with Gasteiger partial charge in [-0.05, 0) is 48.0 Å². The Balaban J connectivity index is 2.81. The van der Waals surface area contributed by atoms with Gasteiger partial charge in [0, 0.05) is 30.5 Å². The van der Waals surface area contributed by atoms with Crippen LogP contribution in [0.15, 0.2) is 0 Å². The molecule has 0 aliphatic rings. The molecule has 1 unspecified atom stereocenters. The maximum Gasteiger partial charge on any atom is 0.0641 e. The first kappa shape index (κ1) is 15.2. The van der Waals surface area contributed by atoms with Crippen LogP contribution in [0.3, 0.4) is 0 Å². The summed E-state index contributed by atoms with van der Waals surface area (Å²) >= 11 is 0. The van der Waals surface area contributed by atoms with E-state index >= 15 is 0 Å². The standard InChI is InChI=1S/C14H27N3O/c1-10(7-8-18)15-9-13-11(2)16-17(12(13)3)14(4,5)6/h10,15,18H,7-9H2,1-6H3. The van der Waals surface area contributed by atoms with Crippen molar-refractivity contribution >= 4 is 0 Å². The summed E-state index contributed by atoms with van der Waals surface area (Å²) in [6.07, 6.45) is 0.783. The first-order valence-electron chi connectivity index (χ1n) is 6.67. The highest BCUT2D eigenvalue weighted by Crippen LogP contribution is 2.21. The van der Waals surface area contributed by atoms with E-state index in [1.165, 1.54) is 11.3 Å². The average Bonchev–Trinajstić information content (AvgIpc) is 2.52. The summed E-state index contributed by atoms with van der Waals surface area (Å²) < 4.78 is 2.09. The third-order valence-electron chi connectivity index (χ3n) is 3.27. The van der Waals surface area contributed by atoms with Gasteiger partial charge in [-0.1, -0.05) is 0 Å². The molecular formula is C14H27N3O. The van der Waals surface area contributed by atoms with Gasteiger partial charge in [0.05, 0.1) is 11.2 Å². The van der Waals surface area contributed by atoms with Crippen molar-refractivity contribution < 1.29 is 5.11 Å². The van der Waals surface area contributed by atoms with Crippen LogP contribution in [0.4, 0.5) is 0 Å². The van der Waals surface area contributed by atoms with Gasteiger partial charge in [0.1, 0.15) is 0 Å². The van der Waals surface area contributed by atoms with Gasteiger partial charge in [-0.3, -0.25) is 4.68 Å². The van der Waals surface area contributed by atoms with Gasteiger partial charge in [-0.2, -0.15) is 5.10 Å². The minimum Gasteiger partial charge on any atom is -0.396 e. The van der Waals surface area contributed by atoms with Crippen molar-refractivity contribution in [2.75, 3.05) is 6.61 Å². The predicted octanol–water partition coefficient (Wildman–Crippen LogP) is 2.12. The summed E-state index contributed by atoms with van der Waals surface area (Å²) in [7, 11) is 0. The van der Waals surface area contributed by atoms with Gasteiger partial charge in [0.15, 0.2) is 0 Å². The zero-order chi connectivity index (χ0) is 13.9. The van der Waals surface area contributed by atoms with Gasteiger partial charge in [-0.15, -0.1) is 0 Å². The van der Waals surface area contributed by atoms with Crippen molar-refractivity contribution in [1.29, 1.82) is 0 Å². The van der Waals surface area contributed by atoms with Crippen molar-refractivity contribution in [2.45, 2.75) is 66.1 Å². The average molecular weight is 253 g/mol. The van der Waals surface area contributed by atoms with Crippen LogP contribution in [0.2, 0.25) is 0 Å². The van der Waals surface area contributed by atoms with Crippen molar-refractivity contribution in [3.8, 4) is 0 Å². The second kappa shape index (κ2) is 5.85. The Hall–Kier alpha value is -0.870. The van der Waals surface area contributed by atoms with E-state index < -0.39 is 0 Å². The van der Waals surface area contributed by atoms with Gasteiger partial charge in [0.25, 0.3) is 0 Å². The molecule has 0 radical (unpaired) electrons. The Labute approximate surface area is 110 Å². The molecule has 4 heteroatoms. The molecule has 0 aromatic carbocycles. The molecular weight excluding hydrogens is 226 g/mol. The highest BCUT2D eigenvalue weighted by molar-refractivity contribution is 5.25. The zero-order valence-corrected chi connectivity index (χ0v) is 12.5. The molecule has 18 heavy (non-hydrogen) atoms. The Morgan fingerprint density at radius 1 is 1.33 bits per heavy atom. The summed E-state index contributed by atoms with van der Waals surface area (Å²) in [4.78, 5) is 0. The lowest BCUT2D eigenvalue weighted by Gasteiger charge is -2.21. The molecule has 0 spiro atoms. The second-order valence-corrected chi connectivity index (χ2v) is 6.03. The molecule has 2 N–H and O–H groups in total. The predicted molar refractivity (Wildman–Crippen MR) is 74.7 cm³/mol. The molecule has 0 aliphatic heterocycles. The molecule has 0 aliphatic carbocycles. The monoisotopic (exact) mass is 253 g/mol. The van der Waals surface area contributed by atoms with Gasteiger partial charge in [-0.25, -0.2) is 0 Å². The summed E-state index contributed by atoms with van der Waals surface area (Å²) in [5.41, 5.74) is 3.61. The highest BCUT2D eigenvalue weighted by atomic mass is 16.3. The molecule has 1 atom stereocenters. The normalized spacial score (nSPS) is 13.9. The number of aliphatic hydroxyl groups excluding tert-OH is 1. The summed E-state index contributed by atoms with van der Waals surface area (Å²) in [5, 5.41) is 17.0. The quantitative estimate of drug-likeness (QED) is 0.845. The molecule has 1 aromatic heterocycles. The van der Waals surface area contributed by atoms with E-state index in [-0.39, 0.29) is 12.1 Å². The smallest absolute Gasteiger partial charge is 0.0641 e. The SMILES string of the molecule is Cc1nn(C(C)(C)C)c(C)c1CNC(C)CCO. The third-order valence-corrected chi connectivity index (χ3v) is 3.27. The van der Waals surface area contributed by atoms with Crippen LogP contribution in [-0.2, 0) is 12.1 Å². The molecule has 0 saturated heterocycles. The van der Waals surface area contributed by atoms with Crippen molar-refractivity contribution in [1.82, 2.24) is 15.1 Å². The molecule has 0 amide bonds. The number of nitrogens with zero attached hydrogens (tertiary/aromatic N) is 2. The second-order valence-electron chi connectivity index (χ2n) is 6.03. The first-order chi connectivity index (χ1) is 8.27. The fourth-order valence-corrected chi connectivity index (χ4v) is 2.16. The summed E-state index contributed by atoms with van der Waals surface area (Å²) in [6.45, 7) is 13.8. The fraction of sp³-hybridized carbons (Fsp3) is 0.786. The summed E-state index contributed by atoms with van der Waals surface area (Å²) in [5.74, 6) is 0. The van der Waals surface area contributed by atoms with Crippen LogP contribution in [0, 0.1) is 13.8 Å². The Kier molecular flexibility index (Phi) is 4.93. The van der Waals surface area contributed by atoms with Crippen molar-refractivity contribution in [3.63, 3.8) is 0 Å². The number of nitrogens with one attached hydrogen (secondary N) is 1. The van der Waals surface area contributed by atoms with Crippen LogP contribution >= 0.6 is 0 Å². The molecule has 0 saturated carbocycles. The fourth-order valence-electron chi connectivity index (χ4n) is 2.16. The number of aryl methyl sites for hydroxylation is 1. The van der Waals surface area contributed by atoms with Crippen LogP contribution in [0.5, 0.6) is 0 Å². The van der Waals surface area contributed by atoms with E-state index in [0.29, 0.717) is 6.04 Å². The van der Waals surface area contributed by atoms with E-state index in [2.05, 4.69) is 56.6 Å². The van der Waals surface area contributed by atoms with E-state index in [0.717, 1.165) is 18.7 Å². The lowest BCUT2D eigenvalue weighted by atomic mass is 10.1. The first-order valence-corrected chi connectivity index (χ1v) is 6.67. The zero-order valence-electron chi connectivity index (χ0n) is 12.5. The number of aliphatic hydroxyl groups is 1. The molecule has 0 fully saturated rings. The molecule has 0 bridgehead atoms. The van der Waals surface area contributed by atoms with Gasteiger partial charge < -0.3 is 10.4 Å². The topological polar surface area (TPSA) is 50.1 Å². The molecule has 1 rings (SSSR count). The van der Waals surface area contributed by atoms with E-state index in [1.54, 1.807) is 0 Å². The maximum absolute atomic E-state index is 8.90. The molecule has 104 valence electrons. The van der Waals surface area contributed by atoms with E-state index in [1.807, 2.05) is 0 Å². The molecule has 1 aromatic rings. The van der Waals surface area contributed by atoms with E-state index in [9.17, 15) is 0 Å². The Morgan fingerprint density at radius 3 is 2.39 bits per heavy atom.